The second-order valence-electron chi connectivity index (χ2n) is 8.91. The highest BCUT2D eigenvalue weighted by Gasteiger charge is 2.26. The van der Waals surface area contributed by atoms with Crippen LogP contribution in [0.2, 0.25) is 0 Å². The van der Waals surface area contributed by atoms with Gasteiger partial charge in [-0.15, -0.1) is 0 Å². The molecule has 3 heterocycles. The standard InChI is InChI=1S/C27H24N2O/c1-3-11-22-20(9-1)21-10-2-4-12-23(21)26-24(22)28-27(30-26)19-15-17-7-5-13-29-14-6-8-18(16-19)25(17)29/h1-3,9-11,15-16H,4-8,12-14H2. The first-order chi connectivity index (χ1) is 14.9. The first kappa shape index (κ1) is 16.7. The van der Waals surface area contributed by atoms with E-state index in [0.717, 1.165) is 48.2 Å². The maximum absolute atomic E-state index is 6.54. The summed E-state index contributed by atoms with van der Waals surface area (Å²) in [6.07, 6.45) is 11.4. The quantitative estimate of drug-likeness (QED) is 0.380. The third-order valence-electron chi connectivity index (χ3n) is 7.12. The Hall–Kier alpha value is -3.07. The molecule has 3 aromatic carbocycles. The van der Waals surface area contributed by atoms with E-state index in [2.05, 4.69) is 53.5 Å². The molecule has 0 unspecified atom stereocenters. The summed E-state index contributed by atoms with van der Waals surface area (Å²) >= 11 is 0. The SMILES string of the molecule is C1=Cc2c(c3oc(-c4cc5c6c(c4)CCCN6CCC5)nc3c3ccccc23)CC1. The second-order valence-corrected chi connectivity index (χ2v) is 8.91. The smallest absolute Gasteiger partial charge is 0.227 e. The number of anilines is 1. The zero-order chi connectivity index (χ0) is 19.7. The molecule has 3 nitrogen and oxygen atoms in total. The molecule has 0 saturated carbocycles. The lowest BCUT2D eigenvalue weighted by Crippen LogP contribution is -2.34. The van der Waals surface area contributed by atoms with Crippen molar-refractivity contribution in [3.05, 3.63) is 64.7 Å². The molecule has 30 heavy (non-hydrogen) atoms. The minimum Gasteiger partial charge on any atom is -0.436 e. The molecule has 0 saturated heterocycles. The first-order valence-corrected chi connectivity index (χ1v) is 11.3. The van der Waals surface area contributed by atoms with E-state index in [-0.39, 0.29) is 0 Å². The lowest BCUT2D eigenvalue weighted by Gasteiger charge is -2.37. The van der Waals surface area contributed by atoms with Crippen molar-refractivity contribution in [3.8, 4) is 11.5 Å². The van der Waals surface area contributed by atoms with Gasteiger partial charge in [0, 0.05) is 35.3 Å². The summed E-state index contributed by atoms with van der Waals surface area (Å²) in [5, 5.41) is 2.48. The number of allylic oxidation sites excluding steroid dienone is 1. The van der Waals surface area contributed by atoms with E-state index in [1.165, 1.54) is 64.6 Å². The van der Waals surface area contributed by atoms with Gasteiger partial charge in [-0.25, -0.2) is 4.98 Å². The molecular formula is C27H24N2O. The minimum atomic E-state index is 0.778. The molecular weight excluding hydrogens is 368 g/mol. The normalized spacial score (nSPS) is 17.4. The van der Waals surface area contributed by atoms with Crippen LogP contribution in [0.25, 0.3) is 39.4 Å². The molecule has 0 spiro atoms. The van der Waals surface area contributed by atoms with Crippen molar-refractivity contribution >= 4 is 33.6 Å². The van der Waals surface area contributed by atoms with Gasteiger partial charge in [-0.05, 0) is 72.7 Å². The summed E-state index contributed by atoms with van der Waals surface area (Å²) < 4.78 is 6.54. The summed E-state index contributed by atoms with van der Waals surface area (Å²) in [4.78, 5) is 7.66. The van der Waals surface area contributed by atoms with Crippen LogP contribution in [0, 0.1) is 0 Å². The largest absolute Gasteiger partial charge is 0.436 e. The first-order valence-electron chi connectivity index (χ1n) is 11.3. The van der Waals surface area contributed by atoms with Crippen molar-refractivity contribution in [2.24, 2.45) is 0 Å². The minimum absolute atomic E-state index is 0.778. The van der Waals surface area contributed by atoms with E-state index in [4.69, 9.17) is 9.40 Å². The van der Waals surface area contributed by atoms with Gasteiger partial charge in [0.25, 0.3) is 0 Å². The van der Waals surface area contributed by atoms with Gasteiger partial charge in [-0.1, -0.05) is 36.4 Å². The van der Waals surface area contributed by atoms with Gasteiger partial charge < -0.3 is 9.32 Å². The Kier molecular flexibility index (Phi) is 3.46. The number of rotatable bonds is 1. The molecule has 0 atom stereocenters. The van der Waals surface area contributed by atoms with Crippen molar-refractivity contribution in [2.75, 3.05) is 18.0 Å². The monoisotopic (exact) mass is 392 g/mol. The summed E-state index contributed by atoms with van der Waals surface area (Å²) in [6.45, 7) is 2.40. The van der Waals surface area contributed by atoms with Crippen LogP contribution in [0.15, 0.2) is 46.9 Å². The van der Waals surface area contributed by atoms with Crippen molar-refractivity contribution in [2.45, 2.75) is 38.5 Å². The number of fused-ring (bicyclic) bond motifs is 6. The fraction of sp³-hybridized carbons (Fsp3) is 0.296. The van der Waals surface area contributed by atoms with Gasteiger partial charge in [0.15, 0.2) is 5.58 Å². The summed E-state index contributed by atoms with van der Waals surface area (Å²) in [5.74, 6) is 0.778. The molecule has 3 aliphatic rings. The van der Waals surface area contributed by atoms with E-state index >= 15 is 0 Å². The molecule has 2 aliphatic heterocycles. The molecule has 7 rings (SSSR count). The van der Waals surface area contributed by atoms with Crippen LogP contribution in [-0.4, -0.2) is 18.1 Å². The van der Waals surface area contributed by atoms with E-state index in [0.29, 0.717) is 0 Å². The lowest BCUT2D eigenvalue weighted by molar-refractivity contribution is 0.611. The maximum atomic E-state index is 6.54. The fourth-order valence-corrected chi connectivity index (χ4v) is 5.83. The molecule has 1 aromatic heterocycles. The molecule has 0 radical (unpaired) electrons. The number of nitrogens with zero attached hydrogens (tertiary/aromatic N) is 2. The molecule has 0 amide bonds. The predicted molar refractivity (Wildman–Crippen MR) is 123 cm³/mol. The van der Waals surface area contributed by atoms with Crippen LogP contribution in [-0.2, 0) is 19.3 Å². The van der Waals surface area contributed by atoms with Crippen LogP contribution >= 0.6 is 0 Å². The van der Waals surface area contributed by atoms with Gasteiger partial charge in [0.2, 0.25) is 5.89 Å². The molecule has 1 aliphatic carbocycles. The number of hydrogen-bond acceptors (Lipinski definition) is 3. The zero-order valence-electron chi connectivity index (χ0n) is 17.1. The molecule has 0 fully saturated rings. The van der Waals surface area contributed by atoms with E-state index in [1.54, 1.807) is 0 Å². The van der Waals surface area contributed by atoms with Crippen molar-refractivity contribution < 1.29 is 4.42 Å². The number of oxazole rings is 1. The van der Waals surface area contributed by atoms with Gasteiger partial charge in [-0.3, -0.25) is 0 Å². The topological polar surface area (TPSA) is 29.3 Å². The molecule has 4 aromatic rings. The van der Waals surface area contributed by atoms with Gasteiger partial charge in [0.1, 0.15) is 5.52 Å². The molecule has 0 bridgehead atoms. The number of aryl methyl sites for hydroxylation is 3. The van der Waals surface area contributed by atoms with E-state index < -0.39 is 0 Å². The lowest BCUT2D eigenvalue weighted by atomic mass is 9.90. The van der Waals surface area contributed by atoms with Crippen LogP contribution < -0.4 is 4.90 Å². The van der Waals surface area contributed by atoms with E-state index in [1.807, 2.05) is 0 Å². The number of benzene rings is 3. The molecule has 0 N–H and O–H groups in total. The van der Waals surface area contributed by atoms with Crippen LogP contribution in [0.4, 0.5) is 5.69 Å². The Morgan fingerprint density at radius 1 is 0.900 bits per heavy atom. The van der Waals surface area contributed by atoms with Gasteiger partial charge in [-0.2, -0.15) is 0 Å². The van der Waals surface area contributed by atoms with Crippen molar-refractivity contribution in [1.29, 1.82) is 0 Å². The van der Waals surface area contributed by atoms with Crippen LogP contribution in [0.3, 0.4) is 0 Å². The van der Waals surface area contributed by atoms with Gasteiger partial charge >= 0.3 is 0 Å². The van der Waals surface area contributed by atoms with Crippen LogP contribution in [0.5, 0.6) is 0 Å². The average Bonchev–Trinajstić information content (AvgIpc) is 3.26. The zero-order valence-corrected chi connectivity index (χ0v) is 17.1. The Morgan fingerprint density at radius 3 is 2.47 bits per heavy atom. The van der Waals surface area contributed by atoms with E-state index in [9.17, 15) is 0 Å². The molecule has 148 valence electrons. The summed E-state index contributed by atoms with van der Waals surface area (Å²) in [6, 6.07) is 13.3. The second kappa shape index (κ2) is 6.21. The fourth-order valence-electron chi connectivity index (χ4n) is 5.83. The Balaban J connectivity index is 1.49. The third-order valence-corrected chi connectivity index (χ3v) is 7.12. The predicted octanol–water partition coefficient (Wildman–Crippen LogP) is 6.31. The van der Waals surface area contributed by atoms with Crippen LogP contribution in [0.1, 0.15) is 41.5 Å². The highest BCUT2D eigenvalue weighted by Crippen LogP contribution is 2.41. The average molecular weight is 393 g/mol. The summed E-state index contributed by atoms with van der Waals surface area (Å²) in [7, 11) is 0. The Bertz CT molecular complexity index is 1330. The van der Waals surface area contributed by atoms with Crippen molar-refractivity contribution in [1.82, 2.24) is 4.98 Å². The Labute approximate surface area is 176 Å². The number of hydrogen-bond donors (Lipinski definition) is 0. The Morgan fingerprint density at radius 2 is 1.67 bits per heavy atom. The highest BCUT2D eigenvalue weighted by molar-refractivity contribution is 6.10. The highest BCUT2D eigenvalue weighted by atomic mass is 16.3. The maximum Gasteiger partial charge on any atom is 0.227 e. The summed E-state index contributed by atoms with van der Waals surface area (Å²) in [5.41, 5.74) is 10.2. The van der Waals surface area contributed by atoms with Crippen molar-refractivity contribution in [3.63, 3.8) is 0 Å². The van der Waals surface area contributed by atoms with Gasteiger partial charge in [0.05, 0.1) is 0 Å². The number of aromatic nitrogens is 1. The molecule has 3 heteroatoms. The third kappa shape index (κ3) is 2.29.